The summed E-state index contributed by atoms with van der Waals surface area (Å²) in [6.45, 7) is 3.97. The molecule has 0 N–H and O–H groups in total. The second kappa shape index (κ2) is 6.77. The van der Waals surface area contributed by atoms with Crippen LogP contribution < -0.4 is 0 Å². The Labute approximate surface area is 134 Å². The maximum atomic E-state index is 13.6. The Hall–Kier alpha value is -1.43. The fourth-order valence-corrected chi connectivity index (χ4v) is 3.11. The fourth-order valence-electron chi connectivity index (χ4n) is 3.00. The van der Waals surface area contributed by atoms with Gasteiger partial charge < -0.3 is 9.30 Å². The van der Waals surface area contributed by atoms with Gasteiger partial charge in [0.15, 0.2) is 0 Å². The lowest BCUT2D eigenvalue weighted by Gasteiger charge is -2.23. The van der Waals surface area contributed by atoms with Crippen LogP contribution in [0, 0.1) is 11.7 Å². The van der Waals surface area contributed by atoms with Crippen molar-refractivity contribution in [2.75, 3.05) is 20.3 Å². The minimum absolute atomic E-state index is 0.162. The van der Waals surface area contributed by atoms with E-state index in [1.807, 2.05) is 18.6 Å². The monoisotopic (exact) mass is 323 g/mol. The van der Waals surface area contributed by atoms with E-state index in [9.17, 15) is 4.39 Å². The van der Waals surface area contributed by atoms with E-state index >= 15 is 0 Å². The van der Waals surface area contributed by atoms with E-state index in [1.165, 1.54) is 11.8 Å². The largest absolute Gasteiger partial charge is 0.384 e. The second-order valence-corrected chi connectivity index (χ2v) is 6.18. The molecule has 0 amide bonds. The Balaban J connectivity index is 1.78. The molecule has 1 aromatic carbocycles. The molecular weight excluding hydrogens is 305 g/mol. The van der Waals surface area contributed by atoms with Crippen LogP contribution in [0.5, 0.6) is 0 Å². The van der Waals surface area contributed by atoms with Crippen molar-refractivity contribution in [1.29, 1.82) is 0 Å². The lowest BCUT2D eigenvalue weighted by Crippen LogP contribution is -2.29. The molecule has 1 unspecified atom stereocenters. The highest BCUT2D eigenvalue weighted by Crippen LogP contribution is 2.21. The molecule has 1 aliphatic rings. The Morgan fingerprint density at radius 2 is 2.27 bits per heavy atom. The van der Waals surface area contributed by atoms with E-state index in [4.69, 9.17) is 16.3 Å². The standard InChI is InChI=1S/C16H19ClFN3O/c1-22-10-13-7-20(9-14-5-19-11-21(14)8-13)6-12-2-3-15(17)16(18)4-12/h2-5,11,13H,6-10H2,1H3. The zero-order valence-corrected chi connectivity index (χ0v) is 13.3. The average Bonchev–Trinajstić information content (AvgIpc) is 2.83. The van der Waals surface area contributed by atoms with Gasteiger partial charge in [-0.15, -0.1) is 0 Å². The highest BCUT2D eigenvalue weighted by atomic mass is 35.5. The van der Waals surface area contributed by atoms with Crippen molar-refractivity contribution >= 4 is 11.6 Å². The van der Waals surface area contributed by atoms with Crippen LogP contribution in [0.15, 0.2) is 30.7 Å². The predicted molar refractivity (Wildman–Crippen MR) is 83.1 cm³/mol. The molecule has 2 heterocycles. The summed E-state index contributed by atoms with van der Waals surface area (Å²) in [6, 6.07) is 5.00. The minimum Gasteiger partial charge on any atom is -0.384 e. The van der Waals surface area contributed by atoms with Crippen LogP contribution in [0.25, 0.3) is 0 Å². The van der Waals surface area contributed by atoms with Gasteiger partial charge in [0.25, 0.3) is 0 Å². The molecule has 6 heteroatoms. The molecule has 0 radical (unpaired) electrons. The zero-order chi connectivity index (χ0) is 15.5. The summed E-state index contributed by atoms with van der Waals surface area (Å²) in [4.78, 5) is 6.52. The van der Waals surface area contributed by atoms with Gasteiger partial charge in [-0.05, 0) is 17.7 Å². The summed E-state index contributed by atoms with van der Waals surface area (Å²) in [5.74, 6) is 0.0186. The molecule has 22 heavy (non-hydrogen) atoms. The maximum Gasteiger partial charge on any atom is 0.142 e. The highest BCUT2D eigenvalue weighted by Gasteiger charge is 2.22. The van der Waals surface area contributed by atoms with Crippen LogP contribution in [-0.4, -0.2) is 34.7 Å². The third kappa shape index (κ3) is 3.48. The summed E-state index contributed by atoms with van der Waals surface area (Å²) in [7, 11) is 1.72. The van der Waals surface area contributed by atoms with Crippen LogP contribution in [-0.2, 0) is 24.4 Å². The fraction of sp³-hybridized carbons (Fsp3) is 0.438. The van der Waals surface area contributed by atoms with Crippen molar-refractivity contribution in [3.63, 3.8) is 0 Å². The van der Waals surface area contributed by atoms with Crippen molar-refractivity contribution in [2.45, 2.75) is 19.6 Å². The lowest BCUT2D eigenvalue weighted by atomic mass is 10.1. The number of hydrogen-bond donors (Lipinski definition) is 0. The lowest BCUT2D eigenvalue weighted by molar-refractivity contribution is 0.115. The number of hydrogen-bond acceptors (Lipinski definition) is 3. The molecular formula is C16H19ClFN3O. The van der Waals surface area contributed by atoms with Gasteiger partial charge >= 0.3 is 0 Å². The van der Waals surface area contributed by atoms with E-state index in [1.54, 1.807) is 13.2 Å². The zero-order valence-electron chi connectivity index (χ0n) is 12.5. The molecule has 1 aliphatic heterocycles. The molecule has 0 fully saturated rings. The van der Waals surface area contributed by atoms with E-state index in [0.29, 0.717) is 19.1 Å². The minimum atomic E-state index is -0.368. The number of ether oxygens (including phenoxy) is 1. The Morgan fingerprint density at radius 1 is 1.41 bits per heavy atom. The first-order valence-corrected chi connectivity index (χ1v) is 7.67. The third-order valence-corrected chi connectivity index (χ3v) is 4.25. The topological polar surface area (TPSA) is 30.3 Å². The molecule has 118 valence electrons. The molecule has 0 saturated carbocycles. The summed E-state index contributed by atoms with van der Waals surface area (Å²) in [5.41, 5.74) is 2.10. The molecule has 0 saturated heterocycles. The third-order valence-electron chi connectivity index (χ3n) is 3.95. The maximum absolute atomic E-state index is 13.6. The van der Waals surface area contributed by atoms with Gasteiger partial charge in [-0.2, -0.15) is 0 Å². The number of benzene rings is 1. The number of rotatable bonds is 4. The summed E-state index contributed by atoms with van der Waals surface area (Å²) in [5, 5.41) is 0.162. The SMILES string of the molecule is COCC1CN(Cc2ccc(Cl)c(F)c2)Cc2cncn2C1. The van der Waals surface area contributed by atoms with Crippen molar-refractivity contribution in [3.05, 3.63) is 52.8 Å². The van der Waals surface area contributed by atoms with Crippen molar-refractivity contribution in [1.82, 2.24) is 14.5 Å². The van der Waals surface area contributed by atoms with Gasteiger partial charge in [0, 0.05) is 45.4 Å². The van der Waals surface area contributed by atoms with E-state index < -0.39 is 0 Å². The summed E-state index contributed by atoms with van der Waals surface area (Å²) in [6.07, 6.45) is 3.76. The van der Waals surface area contributed by atoms with Crippen LogP contribution in [0.4, 0.5) is 4.39 Å². The average molecular weight is 324 g/mol. The van der Waals surface area contributed by atoms with E-state index in [2.05, 4.69) is 14.5 Å². The molecule has 0 aliphatic carbocycles. The van der Waals surface area contributed by atoms with Crippen LogP contribution in [0.1, 0.15) is 11.3 Å². The Kier molecular flexibility index (Phi) is 4.76. The van der Waals surface area contributed by atoms with E-state index in [0.717, 1.165) is 25.2 Å². The number of aromatic nitrogens is 2. The second-order valence-electron chi connectivity index (χ2n) is 5.78. The van der Waals surface area contributed by atoms with Crippen molar-refractivity contribution in [3.8, 4) is 0 Å². The first-order chi connectivity index (χ1) is 10.7. The summed E-state index contributed by atoms with van der Waals surface area (Å²) < 4.78 is 21.1. The number of imidazole rings is 1. The van der Waals surface area contributed by atoms with Crippen LogP contribution in [0.3, 0.4) is 0 Å². The molecule has 1 atom stereocenters. The number of nitrogens with zero attached hydrogens (tertiary/aromatic N) is 3. The smallest absolute Gasteiger partial charge is 0.142 e. The first-order valence-electron chi connectivity index (χ1n) is 7.30. The molecule has 4 nitrogen and oxygen atoms in total. The summed E-state index contributed by atoms with van der Waals surface area (Å²) >= 11 is 5.75. The highest BCUT2D eigenvalue weighted by molar-refractivity contribution is 6.30. The van der Waals surface area contributed by atoms with Gasteiger partial charge in [-0.1, -0.05) is 17.7 Å². The quantitative estimate of drug-likeness (QED) is 0.866. The number of fused-ring (bicyclic) bond motifs is 1. The van der Waals surface area contributed by atoms with Crippen molar-refractivity contribution < 1.29 is 9.13 Å². The first kappa shape index (κ1) is 15.5. The molecule has 0 spiro atoms. The van der Waals surface area contributed by atoms with Gasteiger partial charge in [0.1, 0.15) is 5.82 Å². The van der Waals surface area contributed by atoms with Crippen molar-refractivity contribution in [2.24, 2.45) is 5.92 Å². The predicted octanol–water partition coefficient (Wildman–Crippen LogP) is 2.95. The number of methoxy groups -OCH3 is 1. The van der Waals surface area contributed by atoms with Gasteiger partial charge in [0.05, 0.1) is 23.7 Å². The van der Waals surface area contributed by atoms with Gasteiger partial charge in [-0.25, -0.2) is 9.37 Å². The van der Waals surface area contributed by atoms with E-state index in [-0.39, 0.29) is 10.8 Å². The van der Waals surface area contributed by atoms with Crippen LogP contribution in [0.2, 0.25) is 5.02 Å². The molecule has 1 aromatic heterocycles. The van der Waals surface area contributed by atoms with Gasteiger partial charge in [-0.3, -0.25) is 4.90 Å². The van der Waals surface area contributed by atoms with Gasteiger partial charge in [0.2, 0.25) is 0 Å². The Bertz CT molecular complexity index is 646. The molecule has 2 aromatic rings. The Morgan fingerprint density at radius 3 is 3.05 bits per heavy atom. The number of halogens is 2. The molecule has 3 rings (SSSR count). The molecule has 0 bridgehead atoms. The normalized spacial score (nSPS) is 19.0. The van der Waals surface area contributed by atoms with Crippen LogP contribution >= 0.6 is 11.6 Å².